The fraction of sp³-hybridized carbons (Fsp3) is 0.176. The Morgan fingerprint density at radius 3 is 1.52 bits per heavy atom. The second-order valence-corrected chi connectivity index (χ2v) is 6.33. The molecule has 0 aliphatic carbocycles. The van der Waals surface area contributed by atoms with E-state index in [1.54, 1.807) is 0 Å². The van der Waals surface area contributed by atoms with Gasteiger partial charge in [-0.05, 0) is 79.1 Å². The Bertz CT molecular complexity index is 693. The number of anilines is 2. The molecule has 120 valence electrons. The van der Waals surface area contributed by atoms with Gasteiger partial charge < -0.3 is 22.1 Å². The lowest BCUT2D eigenvalue weighted by Gasteiger charge is -2.12. The lowest BCUT2D eigenvalue weighted by Crippen LogP contribution is -2.19. The highest BCUT2D eigenvalue weighted by Crippen LogP contribution is 2.21. The number of nitrogens with two attached hydrogens (primary N) is 2. The average molecular weight is 345 g/mol. The van der Waals surface area contributed by atoms with Crippen LogP contribution in [0.2, 0.25) is 0 Å². The maximum Gasteiger partial charge on any atom is 0.168 e. The molecule has 0 unspecified atom stereocenters. The number of nitrogens with one attached hydrogen (secondary N) is 2. The molecule has 0 aliphatic heterocycles. The predicted molar refractivity (Wildman–Crippen MR) is 106 cm³/mol. The normalized spacial score (nSPS) is 10.2. The topological polar surface area (TPSA) is 76.1 Å². The third-order valence-electron chi connectivity index (χ3n) is 3.51. The molecule has 2 aromatic rings. The van der Waals surface area contributed by atoms with Gasteiger partial charge in [-0.3, -0.25) is 0 Å². The van der Waals surface area contributed by atoms with Crippen LogP contribution in [0.15, 0.2) is 36.4 Å². The smallest absolute Gasteiger partial charge is 0.168 e. The van der Waals surface area contributed by atoms with Gasteiger partial charge in [-0.25, -0.2) is 0 Å². The summed E-state index contributed by atoms with van der Waals surface area (Å²) in [5.41, 5.74) is 17.6. The predicted octanol–water partition coefficient (Wildman–Crippen LogP) is 3.21. The fourth-order valence-electron chi connectivity index (χ4n) is 2.45. The molecular weight excluding hydrogens is 324 g/mol. The Labute approximate surface area is 147 Å². The molecule has 4 nitrogen and oxygen atoms in total. The van der Waals surface area contributed by atoms with Gasteiger partial charge in [0.15, 0.2) is 10.2 Å². The van der Waals surface area contributed by atoms with Crippen molar-refractivity contribution in [3.63, 3.8) is 0 Å². The van der Waals surface area contributed by atoms with Crippen molar-refractivity contribution in [3.05, 3.63) is 58.7 Å². The van der Waals surface area contributed by atoms with Crippen molar-refractivity contribution in [2.75, 3.05) is 10.6 Å². The van der Waals surface area contributed by atoms with Crippen LogP contribution in [0.4, 0.5) is 11.4 Å². The van der Waals surface area contributed by atoms with Gasteiger partial charge in [-0.1, -0.05) is 24.3 Å². The molecule has 0 aliphatic rings. The maximum absolute atomic E-state index is 5.52. The van der Waals surface area contributed by atoms with E-state index in [1.807, 2.05) is 26.0 Å². The third kappa shape index (κ3) is 4.91. The van der Waals surface area contributed by atoms with Crippen LogP contribution in [0.5, 0.6) is 0 Å². The van der Waals surface area contributed by atoms with Crippen molar-refractivity contribution in [1.29, 1.82) is 0 Å². The van der Waals surface area contributed by atoms with E-state index in [0.29, 0.717) is 0 Å². The molecule has 0 aromatic heterocycles. The second kappa shape index (κ2) is 7.39. The van der Waals surface area contributed by atoms with Crippen LogP contribution in [0.3, 0.4) is 0 Å². The van der Waals surface area contributed by atoms with Gasteiger partial charge in [0.05, 0.1) is 0 Å². The molecule has 0 bridgehead atoms. The standard InChI is InChI=1S/C17H20N4S2/c1-10-7-12(3-5-14(10)20-16(18)22)9-13-4-6-15(11(2)8-13)21-17(19)23/h3-8H,9H2,1-2H3,(H3,18,20,22)(H3,19,21,23). The summed E-state index contributed by atoms with van der Waals surface area (Å²) in [6.07, 6.45) is 0.850. The molecule has 6 heteroatoms. The zero-order valence-electron chi connectivity index (χ0n) is 13.1. The lowest BCUT2D eigenvalue weighted by atomic mass is 10.00. The zero-order valence-corrected chi connectivity index (χ0v) is 14.8. The monoisotopic (exact) mass is 344 g/mol. The average Bonchev–Trinajstić information content (AvgIpc) is 2.44. The van der Waals surface area contributed by atoms with Gasteiger partial charge in [-0.15, -0.1) is 0 Å². The summed E-state index contributed by atoms with van der Waals surface area (Å²) in [5, 5.41) is 6.50. The van der Waals surface area contributed by atoms with Crippen LogP contribution in [-0.2, 0) is 6.42 Å². The van der Waals surface area contributed by atoms with E-state index >= 15 is 0 Å². The number of hydrogen-bond acceptors (Lipinski definition) is 2. The Morgan fingerprint density at radius 1 is 0.826 bits per heavy atom. The lowest BCUT2D eigenvalue weighted by molar-refractivity contribution is 1.17. The van der Waals surface area contributed by atoms with Crippen LogP contribution in [0.1, 0.15) is 22.3 Å². The van der Waals surface area contributed by atoms with Crippen LogP contribution >= 0.6 is 24.4 Å². The van der Waals surface area contributed by atoms with Crippen LogP contribution in [0.25, 0.3) is 0 Å². The van der Waals surface area contributed by atoms with E-state index < -0.39 is 0 Å². The SMILES string of the molecule is Cc1cc(Cc2ccc(NC(N)=S)c(C)c2)ccc1NC(N)=S. The first-order chi connectivity index (χ1) is 10.8. The van der Waals surface area contributed by atoms with Gasteiger partial charge in [0.25, 0.3) is 0 Å². The van der Waals surface area contributed by atoms with Crippen molar-refractivity contribution in [2.24, 2.45) is 11.5 Å². The van der Waals surface area contributed by atoms with Gasteiger partial charge in [0.2, 0.25) is 0 Å². The fourth-order valence-corrected chi connectivity index (χ4v) is 2.67. The molecule has 0 heterocycles. The first kappa shape index (κ1) is 17.2. The number of hydrogen-bond donors (Lipinski definition) is 4. The molecule has 0 amide bonds. The molecule has 0 spiro atoms. The third-order valence-corrected chi connectivity index (χ3v) is 3.71. The summed E-state index contributed by atoms with van der Waals surface area (Å²) in [4.78, 5) is 0. The number of aryl methyl sites for hydroxylation is 2. The molecule has 2 aromatic carbocycles. The Kier molecular flexibility index (Phi) is 5.52. The number of thiocarbonyl (C=S) groups is 2. The quantitative estimate of drug-likeness (QED) is 0.638. The van der Waals surface area contributed by atoms with E-state index in [4.69, 9.17) is 35.9 Å². The summed E-state index contributed by atoms with van der Waals surface area (Å²) in [6.45, 7) is 4.06. The number of benzene rings is 2. The highest BCUT2D eigenvalue weighted by Gasteiger charge is 2.04. The molecule has 0 radical (unpaired) electrons. The van der Waals surface area contributed by atoms with E-state index in [2.05, 4.69) is 34.9 Å². The van der Waals surface area contributed by atoms with Crippen molar-refractivity contribution >= 4 is 46.0 Å². The van der Waals surface area contributed by atoms with Crippen molar-refractivity contribution in [1.82, 2.24) is 0 Å². The summed E-state index contributed by atoms with van der Waals surface area (Å²) >= 11 is 9.75. The Morgan fingerprint density at radius 2 is 1.22 bits per heavy atom. The van der Waals surface area contributed by atoms with Gasteiger partial charge in [-0.2, -0.15) is 0 Å². The van der Waals surface area contributed by atoms with E-state index in [9.17, 15) is 0 Å². The maximum atomic E-state index is 5.52. The Balaban J connectivity index is 2.16. The van der Waals surface area contributed by atoms with E-state index in [1.165, 1.54) is 11.1 Å². The summed E-state index contributed by atoms with van der Waals surface area (Å²) < 4.78 is 0. The zero-order chi connectivity index (χ0) is 17.0. The molecule has 23 heavy (non-hydrogen) atoms. The highest BCUT2D eigenvalue weighted by molar-refractivity contribution is 7.80. The van der Waals surface area contributed by atoms with E-state index in [0.717, 1.165) is 28.9 Å². The van der Waals surface area contributed by atoms with Crippen LogP contribution in [-0.4, -0.2) is 10.2 Å². The first-order valence-corrected chi connectivity index (χ1v) is 7.99. The highest BCUT2D eigenvalue weighted by atomic mass is 32.1. The minimum atomic E-state index is 0.275. The van der Waals surface area contributed by atoms with Crippen molar-refractivity contribution in [2.45, 2.75) is 20.3 Å². The molecular formula is C17H20N4S2. The van der Waals surface area contributed by atoms with Crippen LogP contribution < -0.4 is 22.1 Å². The van der Waals surface area contributed by atoms with Gasteiger partial charge in [0, 0.05) is 11.4 Å². The minimum absolute atomic E-state index is 0.275. The van der Waals surface area contributed by atoms with Crippen LogP contribution in [0, 0.1) is 13.8 Å². The molecule has 0 fully saturated rings. The largest absolute Gasteiger partial charge is 0.376 e. The molecule has 0 saturated heterocycles. The molecule has 2 rings (SSSR count). The van der Waals surface area contributed by atoms with Crippen molar-refractivity contribution in [3.8, 4) is 0 Å². The van der Waals surface area contributed by atoms with E-state index in [-0.39, 0.29) is 10.2 Å². The van der Waals surface area contributed by atoms with Gasteiger partial charge in [0.1, 0.15) is 0 Å². The Hall–Kier alpha value is -2.18. The summed E-state index contributed by atoms with van der Waals surface area (Å²) in [6, 6.07) is 12.4. The summed E-state index contributed by atoms with van der Waals surface area (Å²) in [7, 11) is 0. The molecule has 0 saturated carbocycles. The van der Waals surface area contributed by atoms with Crippen molar-refractivity contribution < 1.29 is 0 Å². The van der Waals surface area contributed by atoms with Gasteiger partial charge >= 0.3 is 0 Å². The second-order valence-electron chi connectivity index (χ2n) is 5.45. The first-order valence-electron chi connectivity index (χ1n) is 7.17. The minimum Gasteiger partial charge on any atom is -0.376 e. The molecule has 6 N–H and O–H groups in total. The summed E-state index contributed by atoms with van der Waals surface area (Å²) in [5.74, 6) is 0. The number of rotatable bonds is 4. The molecule has 0 atom stereocenters.